The molecule has 1 aromatic carbocycles. The highest BCUT2D eigenvalue weighted by molar-refractivity contribution is 5.92. The Morgan fingerprint density at radius 3 is 2.64 bits per heavy atom. The van der Waals surface area contributed by atoms with E-state index in [0.717, 1.165) is 29.0 Å². The Morgan fingerprint density at radius 2 is 1.96 bits per heavy atom. The zero-order valence-corrected chi connectivity index (χ0v) is 15.5. The number of morpholine rings is 1. The first-order valence-corrected chi connectivity index (χ1v) is 9.05. The molecule has 0 N–H and O–H groups in total. The van der Waals surface area contributed by atoms with Gasteiger partial charge in [0.15, 0.2) is 0 Å². The van der Waals surface area contributed by atoms with Crippen molar-refractivity contribution in [3.63, 3.8) is 0 Å². The second-order valence-electron chi connectivity index (χ2n) is 6.90. The summed E-state index contributed by atoms with van der Waals surface area (Å²) in [7, 11) is 0. The fourth-order valence-corrected chi connectivity index (χ4v) is 3.49. The summed E-state index contributed by atoms with van der Waals surface area (Å²) in [6, 6.07) is 4.00. The van der Waals surface area contributed by atoms with Gasteiger partial charge in [-0.2, -0.15) is 0 Å². The second kappa shape index (κ2) is 7.48. The van der Waals surface area contributed by atoms with Crippen LogP contribution in [0.15, 0.2) is 18.2 Å². The van der Waals surface area contributed by atoms with E-state index in [1.54, 1.807) is 6.08 Å². The number of rotatable bonds is 4. The van der Waals surface area contributed by atoms with Crippen molar-refractivity contribution in [1.82, 2.24) is 4.90 Å². The fourth-order valence-electron chi connectivity index (χ4n) is 3.49. The van der Waals surface area contributed by atoms with Crippen LogP contribution in [0.5, 0.6) is 11.5 Å². The molecule has 0 saturated carbocycles. The minimum atomic E-state index is -0.000710. The van der Waals surface area contributed by atoms with Gasteiger partial charge in [0.25, 0.3) is 0 Å². The predicted molar refractivity (Wildman–Crippen MR) is 97.0 cm³/mol. The van der Waals surface area contributed by atoms with Crippen molar-refractivity contribution >= 4 is 12.0 Å². The van der Waals surface area contributed by atoms with Gasteiger partial charge in [-0.25, -0.2) is 0 Å². The summed E-state index contributed by atoms with van der Waals surface area (Å²) < 4.78 is 17.3. The number of hydrogen-bond donors (Lipinski definition) is 0. The Hall–Kier alpha value is -2.01. The molecule has 3 atom stereocenters. The van der Waals surface area contributed by atoms with Gasteiger partial charge < -0.3 is 19.1 Å². The van der Waals surface area contributed by atoms with Crippen LogP contribution >= 0.6 is 0 Å². The van der Waals surface area contributed by atoms with Gasteiger partial charge in [-0.05, 0) is 45.9 Å². The van der Waals surface area contributed by atoms with E-state index in [9.17, 15) is 4.79 Å². The molecule has 2 aliphatic rings. The van der Waals surface area contributed by atoms with E-state index in [1.165, 1.54) is 0 Å². The molecule has 1 fully saturated rings. The third-order valence-electron chi connectivity index (χ3n) is 4.47. The maximum Gasteiger partial charge on any atom is 0.246 e. The van der Waals surface area contributed by atoms with Gasteiger partial charge in [-0.1, -0.05) is 0 Å². The lowest BCUT2D eigenvalue weighted by Crippen LogP contribution is -2.47. The number of fused-ring (bicyclic) bond motifs is 1. The predicted octanol–water partition coefficient (Wildman–Crippen LogP) is 3.06. The Bertz CT molecular complexity index is 660. The molecule has 2 heterocycles. The third-order valence-corrected chi connectivity index (χ3v) is 4.47. The van der Waals surface area contributed by atoms with E-state index >= 15 is 0 Å². The highest BCUT2D eigenvalue weighted by Crippen LogP contribution is 2.35. The molecule has 1 aromatic rings. The topological polar surface area (TPSA) is 48.0 Å². The van der Waals surface area contributed by atoms with Crippen LogP contribution in [0.2, 0.25) is 0 Å². The Labute approximate surface area is 149 Å². The van der Waals surface area contributed by atoms with Crippen molar-refractivity contribution in [2.45, 2.75) is 52.4 Å². The zero-order valence-electron chi connectivity index (χ0n) is 15.5. The normalized spacial score (nSPS) is 25.8. The van der Waals surface area contributed by atoms with Crippen LogP contribution in [-0.4, -0.2) is 48.8 Å². The largest absolute Gasteiger partial charge is 0.493 e. The van der Waals surface area contributed by atoms with Gasteiger partial charge in [0.1, 0.15) is 17.6 Å². The molecule has 1 amide bonds. The van der Waals surface area contributed by atoms with Crippen LogP contribution in [0.25, 0.3) is 6.08 Å². The van der Waals surface area contributed by atoms with Crippen LogP contribution in [0.3, 0.4) is 0 Å². The molecule has 25 heavy (non-hydrogen) atoms. The van der Waals surface area contributed by atoms with Gasteiger partial charge in [-0.15, -0.1) is 0 Å². The van der Waals surface area contributed by atoms with Crippen LogP contribution < -0.4 is 9.47 Å². The Morgan fingerprint density at radius 1 is 1.24 bits per heavy atom. The summed E-state index contributed by atoms with van der Waals surface area (Å²) >= 11 is 0. The standard InChI is InChI=1S/C20H27NO4/c1-5-23-18-10-17-8-13(2)25-19(17)9-16(18)6-7-20(22)21-11-14(3)24-15(4)12-21/h6-7,9-10,13-15H,5,8,11-12H2,1-4H3/b7-6+. The second-order valence-corrected chi connectivity index (χ2v) is 6.90. The molecule has 0 radical (unpaired) electrons. The van der Waals surface area contributed by atoms with E-state index in [2.05, 4.69) is 6.92 Å². The highest BCUT2D eigenvalue weighted by atomic mass is 16.5. The first kappa shape index (κ1) is 17.8. The SMILES string of the molecule is CCOc1cc2c(cc1/C=C/C(=O)N1CC(C)OC(C)C1)OC(C)C2. The summed E-state index contributed by atoms with van der Waals surface area (Å²) in [4.78, 5) is 14.4. The summed E-state index contributed by atoms with van der Waals surface area (Å²) in [6.07, 6.45) is 4.65. The molecule has 3 unspecified atom stereocenters. The van der Waals surface area contributed by atoms with Gasteiger partial charge in [0.05, 0.1) is 18.8 Å². The number of hydrogen-bond acceptors (Lipinski definition) is 4. The number of carbonyl (C=O) groups excluding carboxylic acids is 1. The van der Waals surface area contributed by atoms with Crippen molar-refractivity contribution < 1.29 is 19.0 Å². The summed E-state index contributed by atoms with van der Waals surface area (Å²) in [6.45, 7) is 9.83. The highest BCUT2D eigenvalue weighted by Gasteiger charge is 2.25. The first-order valence-electron chi connectivity index (χ1n) is 9.05. The van der Waals surface area contributed by atoms with Gasteiger partial charge >= 0.3 is 0 Å². The maximum atomic E-state index is 12.5. The number of ether oxygens (including phenoxy) is 3. The van der Waals surface area contributed by atoms with Gasteiger partial charge in [-0.3, -0.25) is 4.79 Å². The molecule has 136 valence electrons. The molecular weight excluding hydrogens is 318 g/mol. The van der Waals surface area contributed by atoms with Gasteiger partial charge in [0.2, 0.25) is 5.91 Å². The van der Waals surface area contributed by atoms with Crippen molar-refractivity contribution in [2.75, 3.05) is 19.7 Å². The van der Waals surface area contributed by atoms with E-state index in [1.807, 2.05) is 43.9 Å². The monoisotopic (exact) mass is 345 g/mol. The Balaban J connectivity index is 1.78. The van der Waals surface area contributed by atoms with Crippen molar-refractivity contribution in [3.05, 3.63) is 29.3 Å². The van der Waals surface area contributed by atoms with Gasteiger partial charge in [0, 0.05) is 36.7 Å². The lowest BCUT2D eigenvalue weighted by Gasteiger charge is -2.34. The lowest BCUT2D eigenvalue weighted by molar-refractivity contribution is -0.137. The molecule has 5 heteroatoms. The minimum Gasteiger partial charge on any atom is -0.493 e. The minimum absolute atomic E-state index is 0.000710. The van der Waals surface area contributed by atoms with Crippen molar-refractivity contribution in [1.29, 1.82) is 0 Å². The molecule has 2 aliphatic heterocycles. The fraction of sp³-hybridized carbons (Fsp3) is 0.550. The van der Waals surface area contributed by atoms with E-state index in [0.29, 0.717) is 19.7 Å². The summed E-state index contributed by atoms with van der Waals surface area (Å²) in [5.41, 5.74) is 2.03. The smallest absolute Gasteiger partial charge is 0.246 e. The number of nitrogens with zero attached hydrogens (tertiary/aromatic N) is 1. The third kappa shape index (κ3) is 4.15. The molecule has 0 aliphatic carbocycles. The molecular formula is C20H27NO4. The van der Waals surface area contributed by atoms with Crippen LogP contribution in [0, 0.1) is 0 Å². The zero-order chi connectivity index (χ0) is 18.0. The molecule has 0 bridgehead atoms. The number of carbonyl (C=O) groups is 1. The maximum absolute atomic E-state index is 12.5. The Kier molecular flexibility index (Phi) is 5.33. The van der Waals surface area contributed by atoms with Crippen molar-refractivity contribution in [3.8, 4) is 11.5 Å². The van der Waals surface area contributed by atoms with E-state index < -0.39 is 0 Å². The molecule has 0 spiro atoms. The van der Waals surface area contributed by atoms with Crippen molar-refractivity contribution in [2.24, 2.45) is 0 Å². The average Bonchev–Trinajstić information content (AvgIpc) is 2.90. The molecule has 0 aromatic heterocycles. The first-order chi connectivity index (χ1) is 12.0. The lowest BCUT2D eigenvalue weighted by atomic mass is 10.1. The summed E-state index contributed by atoms with van der Waals surface area (Å²) in [5.74, 6) is 1.68. The number of amides is 1. The quantitative estimate of drug-likeness (QED) is 0.787. The van der Waals surface area contributed by atoms with Crippen LogP contribution in [0.4, 0.5) is 0 Å². The van der Waals surface area contributed by atoms with E-state index in [-0.39, 0.29) is 24.2 Å². The van der Waals surface area contributed by atoms with Crippen LogP contribution in [0.1, 0.15) is 38.8 Å². The summed E-state index contributed by atoms with van der Waals surface area (Å²) in [5, 5.41) is 0. The van der Waals surface area contributed by atoms with Crippen LogP contribution in [-0.2, 0) is 16.0 Å². The molecule has 5 nitrogen and oxygen atoms in total. The molecule has 3 rings (SSSR count). The average molecular weight is 345 g/mol. The van der Waals surface area contributed by atoms with E-state index in [4.69, 9.17) is 14.2 Å². The molecule has 1 saturated heterocycles. The number of benzene rings is 1.